The van der Waals surface area contributed by atoms with E-state index in [1.807, 2.05) is 22.3 Å². The van der Waals surface area contributed by atoms with Crippen molar-refractivity contribution < 1.29 is 4.79 Å². The summed E-state index contributed by atoms with van der Waals surface area (Å²) in [6.07, 6.45) is 4.52. The molecule has 7 heteroatoms. The smallest absolute Gasteiger partial charge is 0.221 e. The van der Waals surface area contributed by atoms with Crippen molar-refractivity contribution in [3.63, 3.8) is 0 Å². The van der Waals surface area contributed by atoms with E-state index in [9.17, 15) is 4.79 Å². The molecule has 1 amide bonds. The molecule has 0 bridgehead atoms. The van der Waals surface area contributed by atoms with Gasteiger partial charge in [-0.1, -0.05) is 5.21 Å². The van der Waals surface area contributed by atoms with Crippen molar-refractivity contribution in [3.05, 3.63) is 28.7 Å². The van der Waals surface area contributed by atoms with E-state index < -0.39 is 0 Å². The minimum absolute atomic E-state index is 0.0363. The third-order valence-electron chi connectivity index (χ3n) is 2.55. The van der Waals surface area contributed by atoms with E-state index in [0.717, 1.165) is 36.6 Å². The molecule has 0 aliphatic heterocycles. The number of nitrogens with zero attached hydrogens (tertiary/aromatic N) is 3. The maximum Gasteiger partial charge on any atom is 0.221 e. The van der Waals surface area contributed by atoms with Crippen LogP contribution >= 0.6 is 11.3 Å². The van der Waals surface area contributed by atoms with E-state index in [1.54, 1.807) is 17.5 Å². The third-order valence-corrected chi connectivity index (χ3v) is 3.48. The second-order valence-corrected chi connectivity index (χ2v) is 5.14. The van der Waals surface area contributed by atoms with Crippen molar-refractivity contribution in [2.45, 2.75) is 26.4 Å². The lowest BCUT2D eigenvalue weighted by Crippen LogP contribution is -2.17. The highest BCUT2D eigenvalue weighted by Crippen LogP contribution is 2.21. The number of amides is 1. The number of anilines is 1. The molecule has 102 valence electrons. The summed E-state index contributed by atoms with van der Waals surface area (Å²) in [5.41, 5.74) is 0.904. The fourth-order valence-corrected chi connectivity index (χ4v) is 2.50. The molecule has 2 aromatic rings. The van der Waals surface area contributed by atoms with Gasteiger partial charge in [-0.25, -0.2) is 0 Å². The first-order valence-corrected chi connectivity index (χ1v) is 7.02. The number of carbonyl (C=O) groups is 1. The lowest BCUT2D eigenvalue weighted by atomic mass is 10.3. The van der Waals surface area contributed by atoms with Crippen molar-refractivity contribution in [2.75, 3.05) is 11.9 Å². The third kappa shape index (κ3) is 4.46. The van der Waals surface area contributed by atoms with Gasteiger partial charge in [0, 0.05) is 31.1 Å². The molecule has 0 saturated carbocycles. The lowest BCUT2D eigenvalue weighted by Gasteiger charge is -2.06. The molecule has 0 aromatic carbocycles. The molecule has 2 N–H and O–H groups in total. The van der Waals surface area contributed by atoms with Crippen LogP contribution < -0.4 is 10.6 Å². The van der Waals surface area contributed by atoms with Crippen LogP contribution in [-0.2, 0) is 17.9 Å². The number of hydrogen-bond acceptors (Lipinski definition) is 5. The minimum atomic E-state index is -0.0363. The van der Waals surface area contributed by atoms with Gasteiger partial charge in [0.25, 0.3) is 0 Å². The molecular weight excluding hydrogens is 262 g/mol. The van der Waals surface area contributed by atoms with E-state index in [-0.39, 0.29) is 5.91 Å². The Kier molecular flexibility index (Phi) is 5.05. The molecule has 0 unspecified atom stereocenters. The summed E-state index contributed by atoms with van der Waals surface area (Å²) in [6, 6.07) is 1.93. The first kappa shape index (κ1) is 13.7. The average Bonchev–Trinajstić information content (AvgIpc) is 3.00. The highest BCUT2D eigenvalue weighted by Gasteiger charge is 2.04. The predicted octanol–water partition coefficient (Wildman–Crippen LogP) is 1.48. The van der Waals surface area contributed by atoms with E-state index in [0.29, 0.717) is 0 Å². The van der Waals surface area contributed by atoms with Gasteiger partial charge in [0.2, 0.25) is 5.91 Å². The summed E-state index contributed by atoms with van der Waals surface area (Å²) in [6.45, 7) is 4.05. The fourth-order valence-electron chi connectivity index (χ4n) is 1.70. The van der Waals surface area contributed by atoms with Crippen molar-refractivity contribution >= 4 is 22.9 Å². The summed E-state index contributed by atoms with van der Waals surface area (Å²) >= 11 is 1.64. The molecular formula is C12H17N5OS. The van der Waals surface area contributed by atoms with Crippen LogP contribution in [0.4, 0.5) is 5.69 Å². The number of hydrogen-bond donors (Lipinski definition) is 2. The van der Waals surface area contributed by atoms with Crippen LogP contribution in [0.25, 0.3) is 0 Å². The first-order valence-electron chi connectivity index (χ1n) is 6.14. The van der Waals surface area contributed by atoms with Gasteiger partial charge in [-0.05, 0) is 24.4 Å². The van der Waals surface area contributed by atoms with Crippen LogP contribution in [0.2, 0.25) is 0 Å². The topological polar surface area (TPSA) is 71.8 Å². The molecule has 0 radical (unpaired) electrons. The Morgan fingerprint density at radius 3 is 3.16 bits per heavy atom. The number of nitrogens with one attached hydrogen (secondary N) is 2. The quantitative estimate of drug-likeness (QED) is 0.753. The van der Waals surface area contributed by atoms with Gasteiger partial charge in [-0.2, -0.15) is 0 Å². The fraction of sp³-hybridized carbons (Fsp3) is 0.417. The molecule has 0 saturated heterocycles. The number of thiophene rings is 1. The monoisotopic (exact) mass is 279 g/mol. The normalized spacial score (nSPS) is 10.6. The summed E-state index contributed by atoms with van der Waals surface area (Å²) < 4.78 is 1.82. The Bertz CT molecular complexity index is 508. The SMILES string of the molecule is CC(=O)Nc1ccsc1CNCCCn1ccnn1. The molecule has 0 spiro atoms. The maximum absolute atomic E-state index is 11.0. The van der Waals surface area contributed by atoms with Gasteiger partial charge in [-0.15, -0.1) is 16.4 Å². The number of carbonyl (C=O) groups excluding carboxylic acids is 1. The molecule has 6 nitrogen and oxygen atoms in total. The Balaban J connectivity index is 1.68. The summed E-state index contributed by atoms with van der Waals surface area (Å²) in [5, 5.41) is 15.8. The molecule has 2 rings (SSSR count). The van der Waals surface area contributed by atoms with Gasteiger partial charge < -0.3 is 10.6 Å². The molecule has 19 heavy (non-hydrogen) atoms. The van der Waals surface area contributed by atoms with E-state index in [1.165, 1.54) is 6.92 Å². The Morgan fingerprint density at radius 2 is 2.42 bits per heavy atom. The van der Waals surface area contributed by atoms with Gasteiger partial charge in [-0.3, -0.25) is 9.48 Å². The summed E-state index contributed by atoms with van der Waals surface area (Å²) in [7, 11) is 0. The second-order valence-electron chi connectivity index (χ2n) is 4.14. The highest BCUT2D eigenvalue weighted by atomic mass is 32.1. The van der Waals surface area contributed by atoms with Crippen LogP contribution in [0.1, 0.15) is 18.2 Å². The van der Waals surface area contributed by atoms with E-state index in [2.05, 4.69) is 20.9 Å². The predicted molar refractivity (Wildman–Crippen MR) is 75.0 cm³/mol. The zero-order valence-electron chi connectivity index (χ0n) is 10.8. The first-order chi connectivity index (χ1) is 9.25. The van der Waals surface area contributed by atoms with Crippen molar-refractivity contribution in [2.24, 2.45) is 0 Å². The number of aromatic nitrogens is 3. The van der Waals surface area contributed by atoms with Crippen molar-refractivity contribution in [1.29, 1.82) is 0 Å². The summed E-state index contributed by atoms with van der Waals surface area (Å²) in [4.78, 5) is 12.2. The number of rotatable bonds is 7. The maximum atomic E-state index is 11.0. The molecule has 0 aliphatic carbocycles. The lowest BCUT2D eigenvalue weighted by molar-refractivity contribution is -0.114. The van der Waals surface area contributed by atoms with E-state index in [4.69, 9.17) is 0 Å². The Labute approximate surface area is 115 Å². The molecule has 0 atom stereocenters. The molecule has 2 aromatic heterocycles. The summed E-state index contributed by atoms with van der Waals surface area (Å²) in [5.74, 6) is -0.0363. The molecule has 0 fully saturated rings. The van der Waals surface area contributed by atoms with Crippen LogP contribution in [0.15, 0.2) is 23.8 Å². The van der Waals surface area contributed by atoms with Gasteiger partial charge in [0.1, 0.15) is 0 Å². The van der Waals surface area contributed by atoms with Crippen LogP contribution in [0.5, 0.6) is 0 Å². The molecule has 2 heterocycles. The van der Waals surface area contributed by atoms with Crippen LogP contribution in [0, 0.1) is 0 Å². The van der Waals surface area contributed by atoms with Crippen LogP contribution in [0.3, 0.4) is 0 Å². The van der Waals surface area contributed by atoms with Crippen molar-refractivity contribution in [3.8, 4) is 0 Å². The largest absolute Gasteiger partial charge is 0.325 e. The van der Waals surface area contributed by atoms with Crippen molar-refractivity contribution in [1.82, 2.24) is 20.3 Å². The zero-order valence-corrected chi connectivity index (χ0v) is 11.6. The average molecular weight is 279 g/mol. The van der Waals surface area contributed by atoms with Gasteiger partial charge in [0.15, 0.2) is 0 Å². The standard InChI is InChI=1S/C12H17N5OS/c1-10(18)15-11-3-8-19-12(11)9-13-4-2-6-17-7-5-14-16-17/h3,5,7-8,13H,2,4,6,9H2,1H3,(H,15,18). The van der Waals surface area contributed by atoms with E-state index >= 15 is 0 Å². The van der Waals surface area contributed by atoms with Crippen LogP contribution in [-0.4, -0.2) is 27.4 Å². The van der Waals surface area contributed by atoms with Gasteiger partial charge in [0.05, 0.1) is 11.9 Å². The number of aryl methyl sites for hydroxylation is 1. The second kappa shape index (κ2) is 7.01. The Hall–Kier alpha value is -1.73. The van der Waals surface area contributed by atoms with Gasteiger partial charge >= 0.3 is 0 Å². The Morgan fingerprint density at radius 1 is 1.53 bits per heavy atom. The minimum Gasteiger partial charge on any atom is -0.325 e. The zero-order chi connectivity index (χ0) is 13.5. The highest BCUT2D eigenvalue weighted by molar-refractivity contribution is 7.10. The molecule has 0 aliphatic rings.